The van der Waals surface area contributed by atoms with Gasteiger partial charge in [0, 0.05) is 6.04 Å². The van der Waals surface area contributed by atoms with Gasteiger partial charge in [0.2, 0.25) is 0 Å². The first-order valence-electron chi connectivity index (χ1n) is 9.44. The molecule has 0 unspecified atom stereocenters. The standard InChI is InChI=1S/C19H30F3N/c20-19(21,22)17-9-5-15(6-10-17)13-1-3-14(4-2-13)16-7-11-18(23)12-8-16/h1,14-18H,2-12,23H2/t14-,15?,16?,17?,18?/m0/s1. The smallest absolute Gasteiger partial charge is 0.328 e. The van der Waals surface area contributed by atoms with Crippen LogP contribution in [0, 0.1) is 23.7 Å². The van der Waals surface area contributed by atoms with E-state index in [9.17, 15) is 13.2 Å². The van der Waals surface area contributed by atoms with Gasteiger partial charge in [0.15, 0.2) is 0 Å². The van der Waals surface area contributed by atoms with Crippen molar-refractivity contribution in [3.8, 4) is 0 Å². The number of hydrogen-bond donors (Lipinski definition) is 1. The quantitative estimate of drug-likeness (QED) is 0.656. The molecule has 132 valence electrons. The average molecular weight is 329 g/mol. The molecule has 0 amide bonds. The topological polar surface area (TPSA) is 26.0 Å². The lowest BCUT2D eigenvalue weighted by Crippen LogP contribution is -2.31. The summed E-state index contributed by atoms with van der Waals surface area (Å²) in [6.45, 7) is 0. The van der Waals surface area contributed by atoms with Crippen LogP contribution in [-0.4, -0.2) is 12.2 Å². The molecule has 3 rings (SSSR count). The van der Waals surface area contributed by atoms with Crippen LogP contribution in [0.3, 0.4) is 0 Å². The highest BCUT2D eigenvalue weighted by atomic mass is 19.4. The third-order valence-electron chi connectivity index (χ3n) is 6.68. The lowest BCUT2D eigenvalue weighted by molar-refractivity contribution is -0.183. The molecule has 0 heterocycles. The van der Waals surface area contributed by atoms with Crippen molar-refractivity contribution in [2.75, 3.05) is 0 Å². The first-order valence-corrected chi connectivity index (χ1v) is 9.44. The number of halogens is 3. The molecule has 0 aliphatic heterocycles. The van der Waals surface area contributed by atoms with E-state index in [1.807, 2.05) is 0 Å². The van der Waals surface area contributed by atoms with Gasteiger partial charge in [0.25, 0.3) is 0 Å². The largest absolute Gasteiger partial charge is 0.391 e. The Kier molecular flexibility index (Phi) is 5.39. The summed E-state index contributed by atoms with van der Waals surface area (Å²) in [6, 6.07) is 0.407. The van der Waals surface area contributed by atoms with Crippen LogP contribution in [-0.2, 0) is 0 Å². The van der Waals surface area contributed by atoms with Crippen molar-refractivity contribution in [3.05, 3.63) is 11.6 Å². The van der Waals surface area contributed by atoms with Gasteiger partial charge in [-0.05, 0) is 88.4 Å². The summed E-state index contributed by atoms with van der Waals surface area (Å²) in [5.41, 5.74) is 7.46. The van der Waals surface area contributed by atoms with Crippen molar-refractivity contribution in [2.24, 2.45) is 29.4 Å². The second-order valence-corrected chi connectivity index (χ2v) is 8.08. The number of allylic oxidation sites excluding steroid dienone is 2. The Morgan fingerprint density at radius 3 is 2.00 bits per heavy atom. The predicted octanol–water partition coefficient (Wildman–Crippen LogP) is 5.60. The van der Waals surface area contributed by atoms with Crippen molar-refractivity contribution < 1.29 is 13.2 Å². The molecule has 3 aliphatic rings. The minimum atomic E-state index is -3.99. The molecule has 23 heavy (non-hydrogen) atoms. The molecule has 0 bridgehead atoms. The van der Waals surface area contributed by atoms with Crippen LogP contribution in [0.1, 0.15) is 70.6 Å². The molecule has 1 nitrogen and oxygen atoms in total. The Labute approximate surface area is 137 Å². The molecule has 4 heteroatoms. The van der Waals surface area contributed by atoms with E-state index in [4.69, 9.17) is 5.73 Å². The average Bonchev–Trinajstić information content (AvgIpc) is 2.55. The summed E-state index contributed by atoms with van der Waals surface area (Å²) in [4.78, 5) is 0. The van der Waals surface area contributed by atoms with Gasteiger partial charge in [0.1, 0.15) is 0 Å². The molecule has 2 saturated carbocycles. The zero-order valence-electron chi connectivity index (χ0n) is 14.0. The highest BCUT2D eigenvalue weighted by Gasteiger charge is 2.42. The Morgan fingerprint density at radius 2 is 1.48 bits per heavy atom. The van der Waals surface area contributed by atoms with Crippen molar-refractivity contribution in [1.29, 1.82) is 0 Å². The van der Waals surface area contributed by atoms with E-state index in [1.54, 1.807) is 0 Å². The maximum absolute atomic E-state index is 12.8. The van der Waals surface area contributed by atoms with E-state index in [1.165, 1.54) is 37.7 Å². The number of alkyl halides is 3. The van der Waals surface area contributed by atoms with Crippen LogP contribution < -0.4 is 5.73 Å². The highest BCUT2D eigenvalue weighted by molar-refractivity contribution is 5.12. The highest BCUT2D eigenvalue weighted by Crippen LogP contribution is 2.45. The van der Waals surface area contributed by atoms with E-state index < -0.39 is 12.1 Å². The molecule has 0 radical (unpaired) electrons. The van der Waals surface area contributed by atoms with E-state index in [0.717, 1.165) is 37.5 Å². The molecule has 0 aromatic carbocycles. The summed E-state index contributed by atoms with van der Waals surface area (Å²) in [5, 5.41) is 0. The first-order chi connectivity index (χ1) is 10.9. The van der Waals surface area contributed by atoms with Crippen molar-refractivity contribution in [2.45, 2.75) is 82.8 Å². The van der Waals surface area contributed by atoms with Crippen molar-refractivity contribution >= 4 is 0 Å². The van der Waals surface area contributed by atoms with Crippen LogP contribution in [0.4, 0.5) is 13.2 Å². The summed E-state index contributed by atoms with van der Waals surface area (Å²) in [6.07, 6.45) is 8.91. The summed E-state index contributed by atoms with van der Waals surface area (Å²) in [7, 11) is 0. The normalized spacial score (nSPS) is 39.8. The van der Waals surface area contributed by atoms with E-state index in [0.29, 0.717) is 24.8 Å². The zero-order valence-corrected chi connectivity index (χ0v) is 14.0. The molecule has 3 aliphatic carbocycles. The SMILES string of the molecule is NC1CCC([C@H]2CC=C(C3CCC(C(F)(F)F)CC3)CC2)CC1. The third kappa shape index (κ3) is 4.32. The molecular formula is C19H30F3N. The summed E-state index contributed by atoms with van der Waals surface area (Å²) >= 11 is 0. The molecular weight excluding hydrogens is 299 g/mol. The molecule has 0 spiro atoms. The molecule has 0 aromatic rings. The van der Waals surface area contributed by atoms with E-state index in [-0.39, 0.29) is 0 Å². The fourth-order valence-corrected chi connectivity index (χ4v) is 5.08. The monoisotopic (exact) mass is 329 g/mol. The van der Waals surface area contributed by atoms with Crippen molar-refractivity contribution in [1.82, 2.24) is 0 Å². The molecule has 0 aromatic heterocycles. The molecule has 2 N–H and O–H groups in total. The third-order valence-corrected chi connectivity index (χ3v) is 6.68. The summed E-state index contributed by atoms with van der Waals surface area (Å²) in [5.74, 6) is 0.989. The van der Waals surface area contributed by atoms with Gasteiger partial charge < -0.3 is 5.73 Å². The van der Waals surface area contributed by atoms with Crippen LogP contribution in [0.2, 0.25) is 0 Å². The molecule has 0 saturated heterocycles. The van der Waals surface area contributed by atoms with Crippen LogP contribution in [0.5, 0.6) is 0 Å². The maximum Gasteiger partial charge on any atom is 0.391 e. The lowest BCUT2D eigenvalue weighted by Gasteiger charge is -2.37. The zero-order chi connectivity index (χ0) is 16.4. The van der Waals surface area contributed by atoms with Gasteiger partial charge in [-0.1, -0.05) is 11.6 Å². The van der Waals surface area contributed by atoms with E-state index in [2.05, 4.69) is 6.08 Å². The number of rotatable bonds is 2. The molecule has 1 atom stereocenters. The predicted molar refractivity (Wildman–Crippen MR) is 86.9 cm³/mol. The van der Waals surface area contributed by atoms with Gasteiger partial charge in [-0.2, -0.15) is 13.2 Å². The van der Waals surface area contributed by atoms with Crippen LogP contribution >= 0.6 is 0 Å². The minimum absolute atomic E-state index is 0.329. The first kappa shape index (κ1) is 17.3. The van der Waals surface area contributed by atoms with Crippen LogP contribution in [0.25, 0.3) is 0 Å². The van der Waals surface area contributed by atoms with Gasteiger partial charge in [-0.15, -0.1) is 0 Å². The van der Waals surface area contributed by atoms with Gasteiger partial charge >= 0.3 is 6.18 Å². The Balaban J connectivity index is 1.48. The Hall–Kier alpha value is -0.510. The fourth-order valence-electron chi connectivity index (χ4n) is 5.08. The Bertz CT molecular complexity index is 413. The second-order valence-electron chi connectivity index (χ2n) is 8.08. The summed E-state index contributed by atoms with van der Waals surface area (Å²) < 4.78 is 38.3. The molecule has 2 fully saturated rings. The number of hydrogen-bond acceptors (Lipinski definition) is 1. The maximum atomic E-state index is 12.8. The van der Waals surface area contributed by atoms with Gasteiger partial charge in [-0.25, -0.2) is 0 Å². The second kappa shape index (κ2) is 7.16. The number of nitrogens with two attached hydrogens (primary N) is 1. The van der Waals surface area contributed by atoms with Crippen molar-refractivity contribution in [3.63, 3.8) is 0 Å². The van der Waals surface area contributed by atoms with E-state index >= 15 is 0 Å². The Morgan fingerprint density at radius 1 is 0.826 bits per heavy atom. The minimum Gasteiger partial charge on any atom is -0.328 e. The van der Waals surface area contributed by atoms with Gasteiger partial charge in [-0.3, -0.25) is 0 Å². The fraction of sp³-hybridized carbons (Fsp3) is 0.895. The lowest BCUT2D eigenvalue weighted by atomic mass is 9.70. The van der Waals surface area contributed by atoms with Gasteiger partial charge in [0.05, 0.1) is 5.92 Å². The van der Waals surface area contributed by atoms with Crippen LogP contribution in [0.15, 0.2) is 11.6 Å².